The van der Waals surface area contributed by atoms with Crippen LogP contribution in [0.1, 0.15) is 13.8 Å². The smallest absolute Gasteiger partial charge is 0.243 e. The molecule has 0 spiro atoms. The third-order valence-electron chi connectivity index (χ3n) is 4.79. The van der Waals surface area contributed by atoms with Gasteiger partial charge in [0.25, 0.3) is 0 Å². The van der Waals surface area contributed by atoms with Gasteiger partial charge in [0.2, 0.25) is 7.37 Å². The van der Waals surface area contributed by atoms with E-state index in [-0.39, 0.29) is 6.29 Å². The molecule has 1 saturated heterocycles. The number of benzene rings is 1. The summed E-state index contributed by atoms with van der Waals surface area (Å²) in [4.78, 5) is 17.0. The van der Waals surface area contributed by atoms with E-state index in [1.54, 1.807) is 38.1 Å². The summed E-state index contributed by atoms with van der Waals surface area (Å²) in [5.41, 5.74) is 0. The molecule has 0 saturated carbocycles. The molecule has 1 aliphatic rings. The third-order valence-corrected chi connectivity index (χ3v) is 6.68. The highest BCUT2D eigenvalue weighted by Gasteiger charge is 2.26. The van der Waals surface area contributed by atoms with Crippen LogP contribution in [0.2, 0.25) is 0 Å². The second-order valence-electron chi connectivity index (χ2n) is 7.60. The van der Waals surface area contributed by atoms with Crippen molar-refractivity contribution in [3.05, 3.63) is 30.3 Å². The molecule has 0 amide bonds. The van der Waals surface area contributed by atoms with Crippen LogP contribution in [0.5, 0.6) is 0 Å². The Balaban J connectivity index is 2.08. The molecule has 1 heterocycles. The van der Waals surface area contributed by atoms with Crippen molar-refractivity contribution in [3.63, 3.8) is 0 Å². The van der Waals surface area contributed by atoms with Crippen LogP contribution in [-0.2, 0) is 4.57 Å². The van der Waals surface area contributed by atoms with Gasteiger partial charge >= 0.3 is 0 Å². The lowest BCUT2D eigenvalue weighted by Gasteiger charge is -2.28. The van der Waals surface area contributed by atoms with E-state index in [2.05, 4.69) is 9.80 Å². The second kappa shape index (κ2) is 10.7. The van der Waals surface area contributed by atoms with Crippen LogP contribution >= 0.6 is 7.37 Å². The molecular formula is C19H34N3O4P. The molecule has 1 aromatic carbocycles. The fraction of sp³-hybridized carbons (Fsp3) is 0.684. The van der Waals surface area contributed by atoms with E-state index in [1.165, 1.54) is 0 Å². The minimum absolute atomic E-state index is 0.113. The van der Waals surface area contributed by atoms with Gasteiger partial charge in [0, 0.05) is 57.7 Å². The summed E-state index contributed by atoms with van der Waals surface area (Å²) in [6.07, 6.45) is -0.724. The summed E-state index contributed by atoms with van der Waals surface area (Å²) in [7, 11) is -3.47. The molecule has 0 bridgehead atoms. The molecule has 27 heavy (non-hydrogen) atoms. The maximum Gasteiger partial charge on any atom is 0.243 e. The second-order valence-corrected chi connectivity index (χ2v) is 9.80. The highest BCUT2D eigenvalue weighted by molar-refractivity contribution is 7.66. The van der Waals surface area contributed by atoms with Crippen LogP contribution in [0.3, 0.4) is 0 Å². The van der Waals surface area contributed by atoms with Crippen molar-refractivity contribution in [3.8, 4) is 0 Å². The first-order valence-electron chi connectivity index (χ1n) is 9.67. The molecule has 1 fully saturated rings. The van der Waals surface area contributed by atoms with Crippen molar-refractivity contribution in [1.29, 1.82) is 0 Å². The average molecular weight is 399 g/mol. The molecule has 0 aliphatic carbocycles. The molecule has 0 aromatic heterocycles. The fourth-order valence-corrected chi connectivity index (χ4v) is 5.08. The van der Waals surface area contributed by atoms with E-state index < -0.39 is 19.6 Å². The van der Waals surface area contributed by atoms with Gasteiger partial charge in [0.05, 0.1) is 18.5 Å². The zero-order valence-corrected chi connectivity index (χ0v) is 17.3. The van der Waals surface area contributed by atoms with Gasteiger partial charge in [-0.1, -0.05) is 18.2 Å². The predicted octanol–water partition coefficient (Wildman–Crippen LogP) is 0.221. The topological polar surface area (TPSA) is 87.5 Å². The van der Waals surface area contributed by atoms with Gasteiger partial charge in [-0.25, -0.2) is 0 Å². The van der Waals surface area contributed by atoms with Gasteiger partial charge in [-0.2, -0.15) is 0 Å². The number of β-amino-alcohol motifs (C(OH)–C–C–N with tert-alkyl or cyclic N) is 2. The SMILES string of the molecule is C[C@H](O)CN1CCN(C[C@H](C)O)CCN(CP(=O)(O)c2ccccc2)CC1. The van der Waals surface area contributed by atoms with Gasteiger partial charge in [0.1, 0.15) is 0 Å². The van der Waals surface area contributed by atoms with E-state index in [1.807, 2.05) is 11.0 Å². The van der Waals surface area contributed by atoms with Gasteiger partial charge in [-0.05, 0) is 26.0 Å². The van der Waals surface area contributed by atoms with Gasteiger partial charge in [-0.3, -0.25) is 19.3 Å². The number of aliphatic hydroxyl groups is 2. The van der Waals surface area contributed by atoms with Crippen LogP contribution in [0.15, 0.2) is 30.3 Å². The Morgan fingerprint density at radius 3 is 1.67 bits per heavy atom. The van der Waals surface area contributed by atoms with Crippen LogP contribution in [0, 0.1) is 0 Å². The van der Waals surface area contributed by atoms with Crippen molar-refractivity contribution in [2.24, 2.45) is 0 Å². The molecule has 1 unspecified atom stereocenters. The minimum atomic E-state index is -3.47. The van der Waals surface area contributed by atoms with Crippen molar-refractivity contribution in [1.82, 2.24) is 14.7 Å². The highest BCUT2D eigenvalue weighted by Crippen LogP contribution is 2.39. The quantitative estimate of drug-likeness (QED) is 0.566. The number of hydrogen-bond donors (Lipinski definition) is 3. The van der Waals surface area contributed by atoms with Crippen LogP contribution < -0.4 is 5.30 Å². The molecule has 3 atom stereocenters. The number of hydrogen-bond acceptors (Lipinski definition) is 6. The number of aliphatic hydroxyl groups excluding tert-OH is 2. The Morgan fingerprint density at radius 1 is 0.852 bits per heavy atom. The summed E-state index contributed by atoms with van der Waals surface area (Å²) in [6, 6.07) is 8.82. The van der Waals surface area contributed by atoms with E-state index in [4.69, 9.17) is 0 Å². The lowest BCUT2D eigenvalue weighted by atomic mass is 10.3. The van der Waals surface area contributed by atoms with Crippen LogP contribution in [0.4, 0.5) is 0 Å². The van der Waals surface area contributed by atoms with Crippen LogP contribution in [-0.4, -0.2) is 101 Å². The Kier molecular flexibility index (Phi) is 8.89. The molecule has 8 heteroatoms. The summed E-state index contributed by atoms with van der Waals surface area (Å²) in [6.45, 7) is 9.13. The van der Waals surface area contributed by atoms with Crippen molar-refractivity contribution in [2.75, 3.05) is 58.6 Å². The lowest BCUT2D eigenvalue weighted by molar-refractivity contribution is 0.102. The van der Waals surface area contributed by atoms with Crippen molar-refractivity contribution >= 4 is 12.7 Å². The number of rotatable bonds is 7. The van der Waals surface area contributed by atoms with E-state index in [9.17, 15) is 19.7 Å². The maximum absolute atomic E-state index is 12.9. The Morgan fingerprint density at radius 2 is 1.26 bits per heavy atom. The fourth-order valence-electron chi connectivity index (χ4n) is 3.45. The van der Waals surface area contributed by atoms with Crippen molar-refractivity contribution < 1.29 is 19.7 Å². The van der Waals surface area contributed by atoms with Crippen LogP contribution in [0.25, 0.3) is 0 Å². The van der Waals surface area contributed by atoms with Gasteiger partial charge in [0.15, 0.2) is 0 Å². The molecular weight excluding hydrogens is 365 g/mol. The summed E-state index contributed by atoms with van der Waals surface area (Å²) >= 11 is 0. The molecule has 1 aromatic rings. The molecule has 154 valence electrons. The standard InChI is InChI=1S/C19H34N3O4P/c1-17(23)14-20-8-9-21(15-18(2)24)11-13-22(12-10-20)16-27(25,26)19-6-4-3-5-7-19/h3-7,17-18,23-24H,8-16H2,1-2H3,(H,25,26)/t17-,18-/m0/s1. The molecule has 2 rings (SSSR count). The lowest BCUT2D eigenvalue weighted by Crippen LogP contribution is -2.41. The Bertz CT molecular complexity index is 578. The highest BCUT2D eigenvalue weighted by atomic mass is 31.2. The van der Waals surface area contributed by atoms with E-state index in [0.717, 1.165) is 26.2 Å². The molecule has 1 aliphatic heterocycles. The largest absolute Gasteiger partial charge is 0.392 e. The monoisotopic (exact) mass is 399 g/mol. The molecule has 3 N–H and O–H groups in total. The normalized spacial score (nSPS) is 23.0. The first kappa shape index (κ1) is 22.5. The Labute approximate surface area is 162 Å². The molecule has 7 nitrogen and oxygen atoms in total. The average Bonchev–Trinajstić information content (AvgIpc) is 2.68. The third kappa shape index (κ3) is 8.00. The van der Waals surface area contributed by atoms with E-state index in [0.29, 0.717) is 31.5 Å². The minimum Gasteiger partial charge on any atom is -0.392 e. The van der Waals surface area contributed by atoms with E-state index >= 15 is 0 Å². The zero-order chi connectivity index (χ0) is 19.9. The predicted molar refractivity (Wildman–Crippen MR) is 109 cm³/mol. The maximum atomic E-state index is 12.9. The van der Waals surface area contributed by atoms with Crippen molar-refractivity contribution in [2.45, 2.75) is 26.1 Å². The summed E-state index contributed by atoms with van der Waals surface area (Å²) in [5.74, 6) is 0. The summed E-state index contributed by atoms with van der Waals surface area (Å²) in [5, 5.41) is 20.0. The Hall–Kier alpha value is -0.790. The van der Waals surface area contributed by atoms with Gasteiger partial charge in [-0.15, -0.1) is 0 Å². The first-order chi connectivity index (χ1) is 12.8. The first-order valence-corrected chi connectivity index (χ1v) is 11.5. The molecule has 0 radical (unpaired) electrons. The number of nitrogens with zero attached hydrogens (tertiary/aromatic N) is 3. The zero-order valence-electron chi connectivity index (χ0n) is 16.4. The summed E-state index contributed by atoms with van der Waals surface area (Å²) < 4.78 is 12.9. The van der Waals surface area contributed by atoms with Gasteiger partial charge < -0.3 is 15.1 Å².